The Morgan fingerprint density at radius 2 is 2.18 bits per heavy atom. The van der Waals surface area contributed by atoms with Gasteiger partial charge in [-0.25, -0.2) is 0 Å². The van der Waals surface area contributed by atoms with Gasteiger partial charge in [0.2, 0.25) is 0 Å². The lowest BCUT2D eigenvalue weighted by molar-refractivity contribution is -0.0319. The molecule has 4 nitrogen and oxygen atoms in total. The summed E-state index contributed by atoms with van der Waals surface area (Å²) in [6.45, 7) is 6.06. The zero-order valence-corrected chi connectivity index (χ0v) is 10.9. The lowest BCUT2D eigenvalue weighted by atomic mass is 9.80. The van der Waals surface area contributed by atoms with Gasteiger partial charge in [-0.15, -0.1) is 0 Å². The van der Waals surface area contributed by atoms with Crippen molar-refractivity contribution in [1.29, 1.82) is 0 Å². The van der Waals surface area contributed by atoms with Crippen LogP contribution in [0.2, 0.25) is 0 Å². The third-order valence-corrected chi connectivity index (χ3v) is 4.22. The van der Waals surface area contributed by atoms with Gasteiger partial charge in [0.1, 0.15) is 0 Å². The molecule has 0 bridgehead atoms. The van der Waals surface area contributed by atoms with Crippen LogP contribution in [-0.2, 0) is 9.47 Å². The molecule has 0 saturated carbocycles. The molecular formula is C13H25NO3. The molecule has 0 spiro atoms. The quantitative estimate of drug-likeness (QED) is 0.773. The fraction of sp³-hybridized carbons (Fsp3) is 1.00. The summed E-state index contributed by atoms with van der Waals surface area (Å²) in [5.74, 6) is 0.676. The lowest BCUT2D eigenvalue weighted by Gasteiger charge is -2.38. The van der Waals surface area contributed by atoms with E-state index in [1.54, 1.807) is 7.11 Å². The molecule has 0 aromatic carbocycles. The van der Waals surface area contributed by atoms with Crippen LogP contribution in [0.1, 0.15) is 19.3 Å². The number of likely N-dealkylation sites (tertiary alicyclic amines) is 1. The fourth-order valence-electron chi connectivity index (χ4n) is 3.07. The van der Waals surface area contributed by atoms with Crippen LogP contribution in [0, 0.1) is 11.3 Å². The first-order chi connectivity index (χ1) is 8.28. The molecule has 0 aromatic rings. The maximum Gasteiger partial charge on any atom is 0.0503 e. The number of aliphatic hydroxyl groups excluding tert-OH is 1. The van der Waals surface area contributed by atoms with Crippen molar-refractivity contribution in [1.82, 2.24) is 4.90 Å². The Hall–Kier alpha value is -0.160. The average molecular weight is 243 g/mol. The van der Waals surface area contributed by atoms with Crippen molar-refractivity contribution in [3.05, 3.63) is 0 Å². The second-order valence-electron chi connectivity index (χ2n) is 5.62. The Bertz CT molecular complexity index is 229. The van der Waals surface area contributed by atoms with Crippen molar-refractivity contribution >= 4 is 0 Å². The van der Waals surface area contributed by atoms with Crippen LogP contribution in [0.3, 0.4) is 0 Å². The molecule has 0 aliphatic carbocycles. The highest BCUT2D eigenvalue weighted by Gasteiger charge is 2.35. The summed E-state index contributed by atoms with van der Waals surface area (Å²) in [6.07, 6.45) is 3.22. The van der Waals surface area contributed by atoms with Crippen molar-refractivity contribution in [2.24, 2.45) is 11.3 Å². The van der Waals surface area contributed by atoms with Gasteiger partial charge in [-0.1, -0.05) is 0 Å². The van der Waals surface area contributed by atoms with E-state index >= 15 is 0 Å². The van der Waals surface area contributed by atoms with Gasteiger partial charge < -0.3 is 19.5 Å². The van der Waals surface area contributed by atoms with Gasteiger partial charge in [0.15, 0.2) is 0 Å². The molecule has 2 rings (SSSR count). The van der Waals surface area contributed by atoms with Gasteiger partial charge in [0.25, 0.3) is 0 Å². The summed E-state index contributed by atoms with van der Waals surface area (Å²) in [5, 5.41) is 9.66. The largest absolute Gasteiger partial charge is 0.396 e. The highest BCUT2D eigenvalue weighted by atomic mass is 16.5. The summed E-state index contributed by atoms with van der Waals surface area (Å²) in [7, 11) is 1.77. The van der Waals surface area contributed by atoms with Crippen molar-refractivity contribution < 1.29 is 14.6 Å². The van der Waals surface area contributed by atoms with Crippen LogP contribution < -0.4 is 0 Å². The smallest absolute Gasteiger partial charge is 0.0503 e. The molecule has 0 aromatic heterocycles. The summed E-state index contributed by atoms with van der Waals surface area (Å²) >= 11 is 0. The molecule has 1 unspecified atom stereocenters. The van der Waals surface area contributed by atoms with Crippen molar-refractivity contribution in [3.8, 4) is 0 Å². The molecule has 0 amide bonds. The Balaban J connectivity index is 1.83. The maximum absolute atomic E-state index is 9.66. The third kappa shape index (κ3) is 3.41. The molecule has 17 heavy (non-hydrogen) atoms. The highest BCUT2D eigenvalue weighted by molar-refractivity contribution is 4.87. The summed E-state index contributed by atoms with van der Waals surface area (Å²) in [5.41, 5.74) is 0.0835. The molecule has 1 N–H and O–H groups in total. The van der Waals surface area contributed by atoms with Crippen LogP contribution in [0.25, 0.3) is 0 Å². The monoisotopic (exact) mass is 243 g/mol. The number of methoxy groups -OCH3 is 1. The fourth-order valence-corrected chi connectivity index (χ4v) is 3.07. The molecule has 2 aliphatic heterocycles. The van der Waals surface area contributed by atoms with Crippen molar-refractivity contribution in [3.63, 3.8) is 0 Å². The third-order valence-electron chi connectivity index (χ3n) is 4.22. The Morgan fingerprint density at radius 3 is 2.82 bits per heavy atom. The number of hydrogen-bond acceptors (Lipinski definition) is 4. The van der Waals surface area contributed by atoms with Crippen molar-refractivity contribution in [2.45, 2.75) is 19.3 Å². The number of hydrogen-bond donors (Lipinski definition) is 1. The zero-order chi connectivity index (χ0) is 12.1. The predicted molar refractivity (Wildman–Crippen MR) is 66.0 cm³/mol. The van der Waals surface area contributed by atoms with E-state index < -0.39 is 0 Å². The van der Waals surface area contributed by atoms with Crippen molar-refractivity contribution in [2.75, 3.05) is 53.2 Å². The van der Waals surface area contributed by atoms with Gasteiger partial charge in [-0.2, -0.15) is 0 Å². The van der Waals surface area contributed by atoms with E-state index in [9.17, 15) is 5.11 Å². The zero-order valence-electron chi connectivity index (χ0n) is 10.9. The van der Waals surface area contributed by atoms with Gasteiger partial charge in [0.05, 0.1) is 13.2 Å². The van der Waals surface area contributed by atoms with Crippen LogP contribution in [0.5, 0.6) is 0 Å². The summed E-state index contributed by atoms with van der Waals surface area (Å²) in [6, 6.07) is 0. The molecule has 2 saturated heterocycles. The number of ether oxygens (including phenoxy) is 2. The molecule has 4 heteroatoms. The first kappa shape index (κ1) is 13.3. The standard InChI is InChI=1S/C13H25NO3/c1-16-9-12-2-5-14(8-12)10-13(11-15)3-6-17-7-4-13/h12,15H,2-11H2,1H3. The van der Waals surface area contributed by atoms with E-state index in [4.69, 9.17) is 9.47 Å². The first-order valence-corrected chi connectivity index (χ1v) is 6.68. The molecular weight excluding hydrogens is 218 g/mol. The minimum absolute atomic E-state index is 0.0835. The van der Waals surface area contributed by atoms with E-state index in [0.717, 1.165) is 52.3 Å². The van der Waals surface area contributed by atoms with Gasteiger partial charge in [-0.05, 0) is 31.7 Å². The topological polar surface area (TPSA) is 41.9 Å². The molecule has 100 valence electrons. The van der Waals surface area contributed by atoms with Crippen LogP contribution in [-0.4, -0.2) is 63.2 Å². The van der Waals surface area contributed by atoms with Gasteiger partial charge in [0, 0.05) is 38.8 Å². The number of rotatable bonds is 5. The lowest BCUT2D eigenvalue weighted by Crippen LogP contribution is -2.43. The minimum atomic E-state index is 0.0835. The highest BCUT2D eigenvalue weighted by Crippen LogP contribution is 2.32. The summed E-state index contributed by atoms with van der Waals surface area (Å²) in [4.78, 5) is 2.49. The SMILES string of the molecule is COCC1CCN(CC2(CO)CCOCC2)C1. The van der Waals surface area contributed by atoms with E-state index in [2.05, 4.69) is 4.90 Å². The molecule has 2 aliphatic rings. The first-order valence-electron chi connectivity index (χ1n) is 6.68. The Labute approximate surface area is 104 Å². The second kappa shape index (κ2) is 6.14. The van der Waals surface area contributed by atoms with Gasteiger partial charge in [-0.3, -0.25) is 0 Å². The van der Waals surface area contributed by atoms with E-state index in [0.29, 0.717) is 12.5 Å². The van der Waals surface area contributed by atoms with Crippen LogP contribution >= 0.6 is 0 Å². The average Bonchev–Trinajstić information content (AvgIpc) is 2.78. The molecule has 2 heterocycles. The molecule has 1 atom stereocenters. The Morgan fingerprint density at radius 1 is 1.41 bits per heavy atom. The van der Waals surface area contributed by atoms with Crippen LogP contribution in [0.15, 0.2) is 0 Å². The van der Waals surface area contributed by atoms with Gasteiger partial charge >= 0.3 is 0 Å². The molecule has 2 fully saturated rings. The van der Waals surface area contributed by atoms with Crippen LogP contribution in [0.4, 0.5) is 0 Å². The number of aliphatic hydroxyl groups is 1. The maximum atomic E-state index is 9.66. The second-order valence-corrected chi connectivity index (χ2v) is 5.62. The minimum Gasteiger partial charge on any atom is -0.396 e. The number of nitrogens with zero attached hydrogens (tertiary/aromatic N) is 1. The van der Waals surface area contributed by atoms with E-state index in [-0.39, 0.29) is 5.41 Å². The predicted octanol–water partition coefficient (Wildman–Crippen LogP) is 0.744. The normalized spacial score (nSPS) is 29.6. The van der Waals surface area contributed by atoms with E-state index in [1.807, 2.05) is 0 Å². The van der Waals surface area contributed by atoms with E-state index in [1.165, 1.54) is 6.42 Å². The Kier molecular flexibility index (Phi) is 4.79. The molecule has 0 radical (unpaired) electrons. The summed E-state index contributed by atoms with van der Waals surface area (Å²) < 4.78 is 10.6.